The summed E-state index contributed by atoms with van der Waals surface area (Å²) in [7, 11) is 0. The van der Waals surface area contributed by atoms with Gasteiger partial charge in [-0.1, -0.05) is 6.07 Å². The molecule has 0 amide bonds. The minimum Gasteiger partial charge on any atom is -0.404 e. The van der Waals surface area contributed by atoms with Gasteiger partial charge in [-0.15, -0.1) is 11.3 Å². The zero-order valence-corrected chi connectivity index (χ0v) is 13.7. The number of para-hydroxylation sites is 1. The van der Waals surface area contributed by atoms with Gasteiger partial charge in [-0.3, -0.25) is 0 Å². The molecular formula is C17H9FN2O2S2. The van der Waals surface area contributed by atoms with E-state index < -0.39 is 11.4 Å². The number of thiazole rings is 1. The predicted molar refractivity (Wildman–Crippen MR) is 94.6 cm³/mol. The Balaban J connectivity index is 1.68. The zero-order chi connectivity index (χ0) is 16.5. The SMILES string of the molecule is O=c1oc(C=Cc2csc(-c3ccsc3)n2)nc2c(F)cccc12. The maximum atomic E-state index is 13.8. The first-order chi connectivity index (χ1) is 11.7. The highest BCUT2D eigenvalue weighted by atomic mass is 32.1. The van der Waals surface area contributed by atoms with Crippen molar-refractivity contribution in [3.05, 3.63) is 68.2 Å². The normalized spacial score (nSPS) is 11.5. The summed E-state index contributed by atoms with van der Waals surface area (Å²) >= 11 is 3.13. The maximum Gasteiger partial charge on any atom is 0.347 e. The third-order valence-electron chi connectivity index (χ3n) is 3.31. The average molecular weight is 356 g/mol. The number of halogens is 1. The largest absolute Gasteiger partial charge is 0.404 e. The van der Waals surface area contributed by atoms with Crippen molar-refractivity contribution in [1.29, 1.82) is 0 Å². The minimum absolute atomic E-state index is 0.00522. The topological polar surface area (TPSA) is 56.0 Å². The number of hydrogen-bond acceptors (Lipinski definition) is 6. The highest BCUT2D eigenvalue weighted by Crippen LogP contribution is 2.26. The Morgan fingerprint density at radius 1 is 1.12 bits per heavy atom. The molecule has 0 aliphatic rings. The summed E-state index contributed by atoms with van der Waals surface area (Å²) in [5.41, 5.74) is 1.18. The molecule has 0 saturated heterocycles. The van der Waals surface area contributed by atoms with Crippen LogP contribution >= 0.6 is 22.7 Å². The number of rotatable bonds is 3. The van der Waals surface area contributed by atoms with Gasteiger partial charge in [-0.25, -0.2) is 19.2 Å². The van der Waals surface area contributed by atoms with E-state index in [4.69, 9.17) is 4.42 Å². The van der Waals surface area contributed by atoms with Crippen molar-refractivity contribution in [2.24, 2.45) is 0 Å². The molecule has 0 bridgehead atoms. The molecule has 0 unspecified atom stereocenters. The number of fused-ring (bicyclic) bond motifs is 1. The second-order valence-electron chi connectivity index (χ2n) is 4.90. The maximum absolute atomic E-state index is 13.8. The van der Waals surface area contributed by atoms with E-state index in [1.165, 1.54) is 35.6 Å². The molecule has 0 atom stereocenters. The van der Waals surface area contributed by atoms with E-state index in [0.29, 0.717) is 0 Å². The van der Waals surface area contributed by atoms with Crippen LogP contribution in [0, 0.1) is 5.82 Å². The quantitative estimate of drug-likeness (QED) is 0.535. The lowest BCUT2D eigenvalue weighted by atomic mass is 10.2. The molecule has 1 aromatic carbocycles. The lowest BCUT2D eigenvalue weighted by Crippen LogP contribution is -2.04. The number of nitrogens with zero attached hydrogens (tertiary/aromatic N) is 2. The lowest BCUT2D eigenvalue weighted by molar-refractivity contribution is 0.488. The highest BCUT2D eigenvalue weighted by Gasteiger charge is 2.08. The summed E-state index contributed by atoms with van der Waals surface area (Å²) < 4.78 is 18.9. The molecule has 0 fully saturated rings. The molecular weight excluding hydrogens is 347 g/mol. The van der Waals surface area contributed by atoms with Crippen LogP contribution in [-0.4, -0.2) is 9.97 Å². The molecule has 0 spiro atoms. The van der Waals surface area contributed by atoms with Gasteiger partial charge in [0.1, 0.15) is 16.3 Å². The van der Waals surface area contributed by atoms with Crippen LogP contribution in [0.15, 0.2) is 49.6 Å². The molecule has 0 saturated carbocycles. The molecule has 4 nitrogen and oxygen atoms in total. The van der Waals surface area contributed by atoms with Gasteiger partial charge in [-0.2, -0.15) is 11.3 Å². The van der Waals surface area contributed by atoms with Crippen LogP contribution < -0.4 is 5.63 Å². The molecule has 3 aromatic heterocycles. The van der Waals surface area contributed by atoms with E-state index in [1.54, 1.807) is 17.4 Å². The summed E-state index contributed by atoms with van der Waals surface area (Å²) in [5.74, 6) is -0.508. The van der Waals surface area contributed by atoms with Crippen LogP contribution in [0.4, 0.5) is 4.39 Å². The van der Waals surface area contributed by atoms with Gasteiger partial charge >= 0.3 is 5.63 Å². The average Bonchev–Trinajstić information content (AvgIpc) is 3.25. The van der Waals surface area contributed by atoms with Crippen molar-refractivity contribution >= 4 is 45.7 Å². The fourth-order valence-corrected chi connectivity index (χ4v) is 3.69. The van der Waals surface area contributed by atoms with Crippen LogP contribution in [0.5, 0.6) is 0 Å². The Morgan fingerprint density at radius 3 is 2.88 bits per heavy atom. The molecule has 7 heteroatoms. The molecule has 0 N–H and O–H groups in total. The van der Waals surface area contributed by atoms with Crippen molar-refractivity contribution in [3.8, 4) is 10.6 Å². The van der Waals surface area contributed by atoms with Crippen LogP contribution in [-0.2, 0) is 0 Å². The standard InChI is InChI=1S/C17H9FN2O2S2/c18-13-3-1-2-12-15(13)20-14(22-17(12)21)5-4-11-9-24-16(19-11)10-6-7-23-8-10/h1-9H. The van der Waals surface area contributed by atoms with Gasteiger partial charge in [-0.05, 0) is 29.7 Å². The third-order valence-corrected chi connectivity index (χ3v) is 4.91. The first-order valence-corrected chi connectivity index (χ1v) is 8.78. The molecule has 4 rings (SSSR count). The first-order valence-electron chi connectivity index (χ1n) is 6.96. The van der Waals surface area contributed by atoms with E-state index in [9.17, 15) is 9.18 Å². The summed E-state index contributed by atoms with van der Waals surface area (Å²) in [6.45, 7) is 0. The smallest absolute Gasteiger partial charge is 0.347 e. The minimum atomic E-state index is -0.614. The monoisotopic (exact) mass is 356 g/mol. The number of thiophene rings is 1. The molecule has 0 aliphatic heterocycles. The van der Waals surface area contributed by atoms with Crippen LogP contribution in [0.1, 0.15) is 11.6 Å². The third kappa shape index (κ3) is 2.79. The lowest BCUT2D eigenvalue weighted by Gasteiger charge is -1.98. The van der Waals surface area contributed by atoms with Gasteiger partial charge in [0.05, 0.1) is 11.1 Å². The Hall–Kier alpha value is -2.64. The van der Waals surface area contributed by atoms with Crippen molar-refractivity contribution in [2.45, 2.75) is 0 Å². The van der Waals surface area contributed by atoms with E-state index in [0.717, 1.165) is 16.3 Å². The second-order valence-corrected chi connectivity index (χ2v) is 6.54. The predicted octanol–water partition coefficient (Wildman–Crippen LogP) is 4.68. The fourth-order valence-electron chi connectivity index (χ4n) is 2.19. The number of hydrogen-bond donors (Lipinski definition) is 0. The number of aromatic nitrogens is 2. The van der Waals surface area contributed by atoms with E-state index in [2.05, 4.69) is 9.97 Å². The molecule has 0 radical (unpaired) electrons. The Morgan fingerprint density at radius 2 is 2.04 bits per heavy atom. The van der Waals surface area contributed by atoms with Gasteiger partial charge in [0.2, 0.25) is 5.89 Å². The zero-order valence-electron chi connectivity index (χ0n) is 12.1. The van der Waals surface area contributed by atoms with E-state index in [-0.39, 0.29) is 16.8 Å². The molecule has 4 aromatic rings. The Labute approximate surface area is 143 Å². The summed E-state index contributed by atoms with van der Waals surface area (Å²) in [5, 5.41) is 6.95. The van der Waals surface area contributed by atoms with Gasteiger partial charge in [0, 0.05) is 22.4 Å². The second kappa shape index (κ2) is 6.10. The summed E-state index contributed by atoms with van der Waals surface area (Å²) in [6, 6.07) is 6.20. The fraction of sp³-hybridized carbons (Fsp3) is 0. The highest BCUT2D eigenvalue weighted by molar-refractivity contribution is 7.14. The Bertz CT molecular complexity index is 1100. The van der Waals surface area contributed by atoms with Crippen molar-refractivity contribution in [3.63, 3.8) is 0 Å². The number of benzene rings is 1. The summed E-state index contributed by atoms with van der Waals surface area (Å²) in [6.07, 6.45) is 3.20. The Kier molecular flexibility index (Phi) is 3.79. The van der Waals surface area contributed by atoms with Crippen molar-refractivity contribution in [1.82, 2.24) is 9.97 Å². The first kappa shape index (κ1) is 14.9. The van der Waals surface area contributed by atoms with Gasteiger partial charge in [0.25, 0.3) is 0 Å². The van der Waals surface area contributed by atoms with E-state index in [1.807, 2.05) is 22.2 Å². The van der Waals surface area contributed by atoms with Crippen LogP contribution in [0.2, 0.25) is 0 Å². The van der Waals surface area contributed by atoms with Gasteiger partial charge < -0.3 is 4.42 Å². The van der Waals surface area contributed by atoms with Crippen LogP contribution in [0.3, 0.4) is 0 Å². The van der Waals surface area contributed by atoms with Gasteiger partial charge in [0.15, 0.2) is 0 Å². The van der Waals surface area contributed by atoms with E-state index >= 15 is 0 Å². The van der Waals surface area contributed by atoms with Crippen LogP contribution in [0.25, 0.3) is 33.6 Å². The molecule has 24 heavy (non-hydrogen) atoms. The van der Waals surface area contributed by atoms with Crippen molar-refractivity contribution < 1.29 is 8.81 Å². The summed E-state index contributed by atoms with van der Waals surface area (Å²) in [4.78, 5) is 20.4. The van der Waals surface area contributed by atoms with Crippen molar-refractivity contribution in [2.75, 3.05) is 0 Å². The molecule has 3 heterocycles. The molecule has 118 valence electrons. The molecule has 0 aliphatic carbocycles.